The monoisotopic (exact) mass is 267 g/mol. The van der Waals surface area contributed by atoms with Crippen molar-refractivity contribution in [3.63, 3.8) is 0 Å². The summed E-state index contributed by atoms with van der Waals surface area (Å²) in [7, 11) is 0. The van der Waals surface area contributed by atoms with Crippen molar-refractivity contribution in [2.75, 3.05) is 13.2 Å². The van der Waals surface area contributed by atoms with Gasteiger partial charge in [0.05, 0.1) is 31.9 Å². The smallest absolute Gasteiger partial charge is 0.308 e. The van der Waals surface area contributed by atoms with Crippen molar-refractivity contribution in [1.82, 2.24) is 4.90 Å². The SMILES string of the molecule is CCOC(=O)CC(O)CN(Cc1ccco1)C1CC1. The van der Waals surface area contributed by atoms with Gasteiger partial charge in [0.1, 0.15) is 5.76 Å². The van der Waals surface area contributed by atoms with E-state index in [1.807, 2.05) is 12.1 Å². The summed E-state index contributed by atoms with van der Waals surface area (Å²) >= 11 is 0. The Bertz CT molecular complexity index is 386. The normalized spacial score (nSPS) is 16.6. The van der Waals surface area contributed by atoms with E-state index in [9.17, 15) is 9.90 Å². The fraction of sp³-hybridized carbons (Fsp3) is 0.643. The maximum Gasteiger partial charge on any atom is 0.308 e. The van der Waals surface area contributed by atoms with Gasteiger partial charge in [0.2, 0.25) is 0 Å². The minimum Gasteiger partial charge on any atom is -0.468 e. The van der Waals surface area contributed by atoms with E-state index in [4.69, 9.17) is 9.15 Å². The molecule has 0 saturated heterocycles. The number of hydrogen-bond acceptors (Lipinski definition) is 5. The highest BCUT2D eigenvalue weighted by Gasteiger charge is 2.31. The summed E-state index contributed by atoms with van der Waals surface area (Å²) in [4.78, 5) is 13.5. The first-order chi connectivity index (χ1) is 9.19. The lowest BCUT2D eigenvalue weighted by Gasteiger charge is -2.23. The van der Waals surface area contributed by atoms with Crippen molar-refractivity contribution in [3.05, 3.63) is 24.2 Å². The highest BCUT2D eigenvalue weighted by atomic mass is 16.5. The van der Waals surface area contributed by atoms with E-state index in [-0.39, 0.29) is 12.4 Å². The minimum atomic E-state index is -0.686. The van der Waals surface area contributed by atoms with Gasteiger partial charge in [-0.3, -0.25) is 9.69 Å². The van der Waals surface area contributed by atoms with Gasteiger partial charge in [-0.15, -0.1) is 0 Å². The van der Waals surface area contributed by atoms with Crippen LogP contribution in [-0.2, 0) is 16.1 Å². The van der Waals surface area contributed by atoms with Crippen molar-refractivity contribution in [2.24, 2.45) is 0 Å². The molecule has 1 atom stereocenters. The molecule has 0 aromatic carbocycles. The summed E-state index contributed by atoms with van der Waals surface area (Å²) in [6, 6.07) is 4.28. The van der Waals surface area contributed by atoms with E-state index in [0.717, 1.165) is 18.6 Å². The molecule has 1 N–H and O–H groups in total. The van der Waals surface area contributed by atoms with E-state index in [2.05, 4.69) is 4.90 Å². The molecule has 106 valence electrons. The number of rotatable bonds is 8. The largest absolute Gasteiger partial charge is 0.468 e. The third-order valence-corrected chi connectivity index (χ3v) is 3.16. The number of esters is 1. The zero-order chi connectivity index (χ0) is 13.7. The Hall–Kier alpha value is -1.33. The van der Waals surface area contributed by atoms with Crippen LogP contribution in [0.2, 0.25) is 0 Å². The Labute approximate surface area is 113 Å². The second-order valence-electron chi connectivity index (χ2n) is 4.90. The fourth-order valence-corrected chi connectivity index (χ4v) is 2.13. The molecule has 1 aromatic heterocycles. The summed E-state index contributed by atoms with van der Waals surface area (Å²) in [5.74, 6) is 0.541. The molecule has 5 nitrogen and oxygen atoms in total. The van der Waals surface area contributed by atoms with Gasteiger partial charge < -0.3 is 14.3 Å². The molecule has 1 unspecified atom stereocenters. The first-order valence-electron chi connectivity index (χ1n) is 6.79. The summed E-state index contributed by atoms with van der Waals surface area (Å²) in [6.45, 7) is 3.27. The van der Waals surface area contributed by atoms with Crippen molar-refractivity contribution < 1.29 is 19.1 Å². The van der Waals surface area contributed by atoms with Crippen LogP contribution in [0.1, 0.15) is 31.9 Å². The molecular formula is C14H21NO4. The Kier molecular flexibility index (Phi) is 4.99. The summed E-state index contributed by atoms with van der Waals surface area (Å²) < 4.78 is 10.2. The van der Waals surface area contributed by atoms with Crippen LogP contribution in [0.5, 0.6) is 0 Å². The molecule has 1 aromatic rings. The predicted octanol–water partition coefficient (Wildman–Crippen LogP) is 1.56. The lowest BCUT2D eigenvalue weighted by atomic mass is 10.2. The fourth-order valence-electron chi connectivity index (χ4n) is 2.13. The number of furan rings is 1. The summed E-state index contributed by atoms with van der Waals surface area (Å²) in [6.07, 6.45) is 3.30. The van der Waals surface area contributed by atoms with Crippen molar-refractivity contribution in [1.29, 1.82) is 0 Å². The zero-order valence-corrected chi connectivity index (χ0v) is 11.2. The van der Waals surface area contributed by atoms with Gasteiger partial charge in [-0.25, -0.2) is 0 Å². The molecule has 0 spiro atoms. The second-order valence-corrected chi connectivity index (χ2v) is 4.90. The molecule has 19 heavy (non-hydrogen) atoms. The first kappa shape index (κ1) is 14.1. The van der Waals surface area contributed by atoms with Crippen LogP contribution in [0.15, 0.2) is 22.8 Å². The maximum atomic E-state index is 11.3. The third kappa shape index (κ3) is 4.69. The van der Waals surface area contributed by atoms with Crippen LogP contribution < -0.4 is 0 Å². The lowest BCUT2D eigenvalue weighted by molar-refractivity contribution is -0.145. The van der Waals surface area contributed by atoms with E-state index in [1.165, 1.54) is 0 Å². The molecule has 1 aliphatic carbocycles. The van der Waals surface area contributed by atoms with Gasteiger partial charge in [0.15, 0.2) is 0 Å². The quantitative estimate of drug-likeness (QED) is 0.724. The molecule has 5 heteroatoms. The number of carbonyl (C=O) groups excluding carboxylic acids is 1. The van der Waals surface area contributed by atoms with Gasteiger partial charge in [-0.1, -0.05) is 0 Å². The van der Waals surface area contributed by atoms with E-state index < -0.39 is 6.10 Å². The average molecular weight is 267 g/mol. The van der Waals surface area contributed by atoms with Crippen molar-refractivity contribution in [2.45, 2.75) is 44.9 Å². The first-order valence-corrected chi connectivity index (χ1v) is 6.79. The van der Waals surface area contributed by atoms with E-state index >= 15 is 0 Å². The predicted molar refractivity (Wildman–Crippen MR) is 69.4 cm³/mol. The topological polar surface area (TPSA) is 62.9 Å². The molecule has 0 aliphatic heterocycles. The standard InChI is InChI=1S/C14H21NO4/c1-2-18-14(17)8-12(16)9-15(11-5-6-11)10-13-4-3-7-19-13/h3-4,7,11-12,16H,2,5-6,8-10H2,1H3. The summed E-state index contributed by atoms with van der Waals surface area (Å²) in [5.41, 5.74) is 0. The number of nitrogens with zero attached hydrogens (tertiary/aromatic N) is 1. The molecular weight excluding hydrogens is 246 g/mol. The highest BCUT2D eigenvalue weighted by molar-refractivity contribution is 5.69. The minimum absolute atomic E-state index is 0.0508. The van der Waals surface area contributed by atoms with Crippen LogP contribution in [-0.4, -0.2) is 41.3 Å². The Morgan fingerprint density at radius 3 is 3.00 bits per heavy atom. The van der Waals surface area contributed by atoms with Crippen LogP contribution in [0, 0.1) is 0 Å². The molecule has 0 radical (unpaired) electrons. The van der Waals surface area contributed by atoms with Crippen LogP contribution in [0.4, 0.5) is 0 Å². The maximum absolute atomic E-state index is 11.3. The number of ether oxygens (including phenoxy) is 1. The molecule has 0 bridgehead atoms. The molecule has 1 aliphatic rings. The van der Waals surface area contributed by atoms with Gasteiger partial charge in [-0.2, -0.15) is 0 Å². The molecule has 1 fully saturated rings. The Morgan fingerprint density at radius 2 is 2.42 bits per heavy atom. The lowest BCUT2D eigenvalue weighted by Crippen LogP contribution is -2.35. The zero-order valence-electron chi connectivity index (χ0n) is 11.2. The van der Waals surface area contributed by atoms with Crippen molar-refractivity contribution in [3.8, 4) is 0 Å². The Balaban J connectivity index is 1.81. The molecule has 1 heterocycles. The molecule has 1 saturated carbocycles. The number of carbonyl (C=O) groups is 1. The van der Waals surface area contributed by atoms with Crippen LogP contribution in [0.3, 0.4) is 0 Å². The van der Waals surface area contributed by atoms with Gasteiger partial charge in [0.25, 0.3) is 0 Å². The van der Waals surface area contributed by atoms with Gasteiger partial charge in [-0.05, 0) is 31.9 Å². The second kappa shape index (κ2) is 6.73. The summed E-state index contributed by atoms with van der Waals surface area (Å²) in [5, 5.41) is 9.95. The van der Waals surface area contributed by atoms with Gasteiger partial charge >= 0.3 is 5.97 Å². The average Bonchev–Trinajstić information content (AvgIpc) is 3.08. The van der Waals surface area contributed by atoms with Gasteiger partial charge in [0, 0.05) is 12.6 Å². The number of aliphatic hydroxyl groups is 1. The van der Waals surface area contributed by atoms with Crippen molar-refractivity contribution >= 4 is 5.97 Å². The highest BCUT2D eigenvalue weighted by Crippen LogP contribution is 2.28. The molecule has 2 rings (SSSR count). The van der Waals surface area contributed by atoms with Crippen LogP contribution >= 0.6 is 0 Å². The number of hydrogen-bond donors (Lipinski definition) is 1. The Morgan fingerprint density at radius 1 is 1.63 bits per heavy atom. The molecule has 0 amide bonds. The number of aliphatic hydroxyl groups excluding tert-OH is 1. The van der Waals surface area contributed by atoms with Crippen LogP contribution in [0.25, 0.3) is 0 Å². The van der Waals surface area contributed by atoms with E-state index in [1.54, 1.807) is 13.2 Å². The van der Waals surface area contributed by atoms with E-state index in [0.29, 0.717) is 25.7 Å². The third-order valence-electron chi connectivity index (χ3n) is 3.16.